The van der Waals surface area contributed by atoms with Gasteiger partial charge in [0.15, 0.2) is 0 Å². The lowest BCUT2D eigenvalue weighted by molar-refractivity contribution is -0.122. The molecule has 9 heteroatoms. The molecule has 1 atom stereocenters. The van der Waals surface area contributed by atoms with Gasteiger partial charge in [0.2, 0.25) is 11.8 Å². The fourth-order valence-electron chi connectivity index (χ4n) is 3.11. The van der Waals surface area contributed by atoms with Gasteiger partial charge < -0.3 is 24.8 Å². The van der Waals surface area contributed by atoms with Crippen molar-refractivity contribution in [1.82, 2.24) is 0 Å². The predicted octanol–water partition coefficient (Wildman–Crippen LogP) is 2.83. The Labute approximate surface area is 172 Å². The van der Waals surface area contributed by atoms with Crippen LogP contribution in [0.1, 0.15) is 16.8 Å². The van der Waals surface area contributed by atoms with Crippen LogP contribution < -0.4 is 15.0 Å². The van der Waals surface area contributed by atoms with Crippen LogP contribution in [0.2, 0.25) is 5.02 Å². The maximum Gasteiger partial charge on any atom is 0.337 e. The number of nitrogens with zero attached hydrogens (tertiary/aromatic N) is 1. The molecule has 0 spiro atoms. The number of aromatic hydroxyl groups is 1. The molecule has 1 aliphatic rings. The van der Waals surface area contributed by atoms with E-state index in [2.05, 4.69) is 10.1 Å². The Morgan fingerprint density at radius 3 is 2.62 bits per heavy atom. The highest BCUT2D eigenvalue weighted by Gasteiger charge is 2.36. The second-order valence-corrected chi connectivity index (χ2v) is 6.87. The van der Waals surface area contributed by atoms with Gasteiger partial charge in [-0.1, -0.05) is 11.6 Å². The fraction of sp³-hybridized carbons (Fsp3) is 0.250. The van der Waals surface area contributed by atoms with Crippen LogP contribution >= 0.6 is 11.6 Å². The summed E-state index contributed by atoms with van der Waals surface area (Å²) in [6, 6.07) is 8.92. The van der Waals surface area contributed by atoms with E-state index in [0.29, 0.717) is 16.5 Å². The highest BCUT2D eigenvalue weighted by Crippen LogP contribution is 2.35. The van der Waals surface area contributed by atoms with Crippen LogP contribution in [0.4, 0.5) is 11.4 Å². The van der Waals surface area contributed by atoms with Crippen LogP contribution in [0, 0.1) is 5.92 Å². The molecule has 3 rings (SSSR count). The van der Waals surface area contributed by atoms with Crippen LogP contribution in [0.15, 0.2) is 36.4 Å². The molecule has 2 aromatic carbocycles. The summed E-state index contributed by atoms with van der Waals surface area (Å²) >= 11 is 6.04. The summed E-state index contributed by atoms with van der Waals surface area (Å²) in [5.41, 5.74) is 0.776. The molecular formula is C20H19ClN2O6. The normalized spacial score (nSPS) is 15.9. The van der Waals surface area contributed by atoms with Gasteiger partial charge in [-0.05, 0) is 36.4 Å². The van der Waals surface area contributed by atoms with Gasteiger partial charge in [0, 0.05) is 18.0 Å². The summed E-state index contributed by atoms with van der Waals surface area (Å²) in [5.74, 6) is -1.71. The average molecular weight is 419 g/mol. The van der Waals surface area contributed by atoms with Gasteiger partial charge in [-0.3, -0.25) is 9.59 Å². The zero-order chi connectivity index (χ0) is 21.1. The molecule has 29 heavy (non-hydrogen) atoms. The molecule has 1 unspecified atom stereocenters. The number of methoxy groups -OCH3 is 2. The minimum atomic E-state index is -0.633. The summed E-state index contributed by atoms with van der Waals surface area (Å²) in [5, 5.41) is 13.1. The van der Waals surface area contributed by atoms with Crippen molar-refractivity contribution in [2.24, 2.45) is 5.92 Å². The third-order valence-electron chi connectivity index (χ3n) is 4.60. The lowest BCUT2D eigenvalue weighted by Crippen LogP contribution is -2.28. The number of esters is 1. The standard InChI is InChI=1S/C20H19ClN2O6/c1-28-17-6-4-13(21)9-15(17)23-10-12(8-18(23)25)19(26)22-14-5-3-11(7-16(14)24)20(27)29-2/h3-7,9,12,24H,8,10H2,1-2H3,(H,22,26). The van der Waals surface area contributed by atoms with Gasteiger partial charge in [-0.2, -0.15) is 0 Å². The first-order valence-corrected chi connectivity index (χ1v) is 9.08. The van der Waals surface area contributed by atoms with Crippen molar-refractivity contribution in [3.8, 4) is 11.5 Å². The zero-order valence-corrected chi connectivity index (χ0v) is 16.5. The van der Waals surface area contributed by atoms with E-state index in [1.807, 2.05) is 0 Å². The molecule has 0 saturated carbocycles. The van der Waals surface area contributed by atoms with E-state index >= 15 is 0 Å². The van der Waals surface area contributed by atoms with Crippen molar-refractivity contribution in [3.63, 3.8) is 0 Å². The van der Waals surface area contributed by atoms with E-state index in [1.165, 1.54) is 37.3 Å². The first kappa shape index (κ1) is 20.5. The van der Waals surface area contributed by atoms with Crippen LogP contribution in [-0.4, -0.2) is 43.7 Å². The molecule has 0 aliphatic carbocycles. The second-order valence-electron chi connectivity index (χ2n) is 6.43. The number of rotatable bonds is 5. The Bertz CT molecular complexity index is 977. The molecule has 1 saturated heterocycles. The molecule has 1 aliphatic heterocycles. The van der Waals surface area contributed by atoms with Crippen LogP contribution in [0.5, 0.6) is 11.5 Å². The van der Waals surface area contributed by atoms with Crippen molar-refractivity contribution in [2.75, 3.05) is 31.0 Å². The lowest BCUT2D eigenvalue weighted by atomic mass is 10.1. The molecule has 1 heterocycles. The van der Waals surface area contributed by atoms with E-state index in [4.69, 9.17) is 16.3 Å². The topological polar surface area (TPSA) is 105 Å². The van der Waals surface area contributed by atoms with Crippen molar-refractivity contribution in [2.45, 2.75) is 6.42 Å². The number of hydrogen-bond acceptors (Lipinski definition) is 6. The SMILES string of the molecule is COC(=O)c1ccc(NC(=O)C2CC(=O)N(c3cc(Cl)ccc3OC)C2)c(O)c1. The number of ether oxygens (including phenoxy) is 2. The summed E-state index contributed by atoms with van der Waals surface area (Å²) in [7, 11) is 2.71. The Morgan fingerprint density at radius 1 is 1.21 bits per heavy atom. The number of carbonyl (C=O) groups excluding carboxylic acids is 3. The van der Waals surface area contributed by atoms with Gasteiger partial charge in [0.25, 0.3) is 0 Å². The quantitative estimate of drug-likeness (QED) is 0.571. The third kappa shape index (κ3) is 4.27. The van der Waals surface area contributed by atoms with E-state index in [0.717, 1.165) is 0 Å². The van der Waals surface area contributed by atoms with Crippen LogP contribution in [0.3, 0.4) is 0 Å². The Balaban J connectivity index is 1.74. The summed E-state index contributed by atoms with van der Waals surface area (Å²) in [6.07, 6.45) is 0.00249. The molecular weight excluding hydrogens is 400 g/mol. The number of carbonyl (C=O) groups is 3. The van der Waals surface area contributed by atoms with Gasteiger partial charge >= 0.3 is 5.97 Å². The van der Waals surface area contributed by atoms with Crippen molar-refractivity contribution < 1.29 is 29.0 Å². The number of hydrogen-bond donors (Lipinski definition) is 2. The predicted molar refractivity (Wildman–Crippen MR) is 107 cm³/mol. The summed E-state index contributed by atoms with van der Waals surface area (Å²) in [4.78, 5) is 38.1. The van der Waals surface area contributed by atoms with E-state index < -0.39 is 17.8 Å². The largest absolute Gasteiger partial charge is 0.506 e. The Morgan fingerprint density at radius 2 is 1.97 bits per heavy atom. The maximum absolute atomic E-state index is 12.6. The average Bonchev–Trinajstić information content (AvgIpc) is 3.10. The fourth-order valence-corrected chi connectivity index (χ4v) is 3.27. The first-order chi connectivity index (χ1) is 13.8. The van der Waals surface area contributed by atoms with Crippen molar-refractivity contribution >= 4 is 40.8 Å². The highest BCUT2D eigenvalue weighted by atomic mass is 35.5. The van der Waals surface area contributed by atoms with Gasteiger partial charge in [-0.25, -0.2) is 4.79 Å². The number of phenolic OH excluding ortho intramolecular Hbond substituents is 1. The lowest BCUT2D eigenvalue weighted by Gasteiger charge is -2.20. The number of benzene rings is 2. The monoisotopic (exact) mass is 418 g/mol. The molecule has 8 nitrogen and oxygen atoms in total. The smallest absolute Gasteiger partial charge is 0.337 e. The molecule has 0 radical (unpaired) electrons. The number of nitrogens with one attached hydrogen (secondary N) is 1. The van der Waals surface area contributed by atoms with Gasteiger partial charge in [0.1, 0.15) is 11.5 Å². The zero-order valence-electron chi connectivity index (χ0n) is 15.8. The van der Waals surface area contributed by atoms with Crippen LogP contribution in [-0.2, 0) is 14.3 Å². The second kappa shape index (κ2) is 8.40. The highest BCUT2D eigenvalue weighted by molar-refractivity contribution is 6.31. The summed E-state index contributed by atoms with van der Waals surface area (Å²) in [6.45, 7) is 0.141. The van der Waals surface area contributed by atoms with E-state index in [1.54, 1.807) is 18.2 Å². The summed E-state index contributed by atoms with van der Waals surface area (Å²) < 4.78 is 9.87. The number of phenols is 1. The van der Waals surface area contributed by atoms with Crippen molar-refractivity contribution in [3.05, 3.63) is 47.0 Å². The van der Waals surface area contributed by atoms with E-state index in [9.17, 15) is 19.5 Å². The molecule has 2 amide bonds. The minimum absolute atomic E-state index is 0.00249. The molecule has 2 N–H and O–H groups in total. The third-order valence-corrected chi connectivity index (χ3v) is 4.84. The molecule has 0 aromatic heterocycles. The molecule has 0 bridgehead atoms. The molecule has 2 aromatic rings. The Hall–Kier alpha value is -3.26. The Kier molecular flexibility index (Phi) is 5.93. The minimum Gasteiger partial charge on any atom is -0.506 e. The maximum atomic E-state index is 12.6. The number of anilines is 2. The van der Waals surface area contributed by atoms with Crippen LogP contribution in [0.25, 0.3) is 0 Å². The first-order valence-electron chi connectivity index (χ1n) is 8.70. The molecule has 1 fully saturated rings. The number of halogens is 1. The van der Waals surface area contributed by atoms with Gasteiger partial charge in [-0.15, -0.1) is 0 Å². The number of amides is 2. The van der Waals surface area contributed by atoms with Gasteiger partial charge in [0.05, 0.1) is 37.1 Å². The van der Waals surface area contributed by atoms with Crippen molar-refractivity contribution in [1.29, 1.82) is 0 Å². The molecule has 152 valence electrons. The van der Waals surface area contributed by atoms with E-state index in [-0.39, 0.29) is 35.9 Å².